The minimum absolute atomic E-state index is 0.449. The lowest BCUT2D eigenvalue weighted by molar-refractivity contribution is 0.933. The highest BCUT2D eigenvalue weighted by Gasteiger charge is 2.15. The Morgan fingerprint density at radius 1 is 1.05 bits per heavy atom. The molecule has 0 saturated heterocycles. The van der Waals surface area contributed by atoms with Gasteiger partial charge in [0.15, 0.2) is 16.6 Å². The molecule has 1 aromatic carbocycles. The lowest BCUT2D eigenvalue weighted by Crippen LogP contribution is -1.99. The monoisotopic (exact) mass is 280 g/mol. The number of hydrogen-bond donors (Lipinski definition) is 0. The third-order valence-corrected chi connectivity index (χ3v) is 3.52. The summed E-state index contributed by atoms with van der Waals surface area (Å²) in [5.41, 5.74) is 3.59. The van der Waals surface area contributed by atoms with E-state index in [9.17, 15) is 0 Å². The molecule has 96 valence electrons. The van der Waals surface area contributed by atoms with Crippen LogP contribution in [0.25, 0.3) is 22.6 Å². The summed E-state index contributed by atoms with van der Waals surface area (Å²) in [4.78, 5) is 0. The van der Waals surface area contributed by atoms with Gasteiger partial charge in [0.2, 0.25) is 0 Å². The van der Waals surface area contributed by atoms with Gasteiger partial charge in [-0.1, -0.05) is 60.2 Å². The van der Waals surface area contributed by atoms with Crippen LogP contribution in [0, 0.1) is 0 Å². The predicted molar refractivity (Wildman–Crippen MR) is 78.3 cm³/mol. The van der Waals surface area contributed by atoms with Crippen molar-refractivity contribution >= 4 is 22.8 Å². The summed E-state index contributed by atoms with van der Waals surface area (Å²) in [6.45, 7) is 0. The van der Waals surface area contributed by atoms with Crippen molar-refractivity contribution in [1.82, 2.24) is 19.8 Å². The van der Waals surface area contributed by atoms with E-state index >= 15 is 0 Å². The van der Waals surface area contributed by atoms with Crippen LogP contribution >= 0.6 is 11.6 Å². The molecule has 4 nitrogen and oxygen atoms in total. The molecule has 0 amide bonds. The van der Waals surface area contributed by atoms with Crippen LogP contribution in [0.3, 0.4) is 0 Å². The van der Waals surface area contributed by atoms with Crippen LogP contribution in [-0.2, 0) is 0 Å². The number of halogens is 1. The molecular weight excluding hydrogens is 272 g/mol. The molecule has 2 heterocycles. The summed E-state index contributed by atoms with van der Waals surface area (Å²) in [5, 5.41) is 13.2. The average molecular weight is 281 g/mol. The van der Waals surface area contributed by atoms with E-state index in [1.807, 2.05) is 54.6 Å². The summed E-state index contributed by atoms with van der Waals surface area (Å²) in [5.74, 6) is 0.687. The number of rotatable bonds is 2. The van der Waals surface area contributed by atoms with Crippen LogP contribution in [-0.4, -0.2) is 19.8 Å². The number of fused-ring (bicyclic) bond motifs is 1. The molecule has 4 rings (SSSR count). The molecule has 1 aliphatic carbocycles. The molecule has 0 radical (unpaired) electrons. The molecule has 2 aromatic heterocycles. The lowest BCUT2D eigenvalue weighted by Gasteiger charge is -2.09. The van der Waals surface area contributed by atoms with E-state index in [-0.39, 0.29) is 0 Å². The summed E-state index contributed by atoms with van der Waals surface area (Å²) >= 11 is 6.26. The van der Waals surface area contributed by atoms with Gasteiger partial charge in [-0.3, -0.25) is 0 Å². The summed E-state index contributed by atoms with van der Waals surface area (Å²) in [7, 11) is 0. The van der Waals surface area contributed by atoms with Crippen molar-refractivity contribution in [3.63, 3.8) is 0 Å². The molecule has 20 heavy (non-hydrogen) atoms. The van der Waals surface area contributed by atoms with E-state index in [0.29, 0.717) is 16.6 Å². The van der Waals surface area contributed by atoms with Gasteiger partial charge in [0.25, 0.3) is 0 Å². The van der Waals surface area contributed by atoms with E-state index in [0.717, 1.165) is 16.7 Å². The fourth-order valence-electron chi connectivity index (χ4n) is 2.15. The maximum Gasteiger partial charge on any atom is 0.185 e. The van der Waals surface area contributed by atoms with Gasteiger partial charge in [0.05, 0.1) is 0 Å². The lowest BCUT2D eigenvalue weighted by atomic mass is 10.0. The minimum atomic E-state index is 0.449. The first-order valence-corrected chi connectivity index (χ1v) is 6.57. The van der Waals surface area contributed by atoms with Crippen LogP contribution in [0.2, 0.25) is 5.15 Å². The molecule has 1 aliphatic rings. The molecule has 0 spiro atoms. The topological polar surface area (TPSA) is 43.1 Å². The van der Waals surface area contributed by atoms with Crippen LogP contribution in [0.15, 0.2) is 54.6 Å². The number of hydrogen-bond acceptors (Lipinski definition) is 3. The van der Waals surface area contributed by atoms with Crippen molar-refractivity contribution in [3.8, 4) is 11.4 Å². The maximum atomic E-state index is 6.26. The molecule has 0 N–H and O–H groups in total. The molecule has 0 aliphatic heterocycles. The second-order valence-corrected chi connectivity index (χ2v) is 4.85. The smallest absolute Gasteiger partial charge is 0.185 e. The molecule has 0 bridgehead atoms. The van der Waals surface area contributed by atoms with Gasteiger partial charge < -0.3 is 0 Å². The van der Waals surface area contributed by atoms with Gasteiger partial charge in [-0.2, -0.15) is 9.61 Å². The fraction of sp³-hybridized carbons (Fsp3) is 0. The Morgan fingerprint density at radius 3 is 2.55 bits per heavy atom. The third-order valence-electron chi connectivity index (χ3n) is 3.24. The van der Waals surface area contributed by atoms with Gasteiger partial charge in [-0.15, -0.1) is 10.2 Å². The van der Waals surface area contributed by atoms with Gasteiger partial charge in [-0.25, -0.2) is 0 Å². The van der Waals surface area contributed by atoms with E-state index < -0.39 is 0 Å². The Bertz CT molecular complexity index is 862. The first kappa shape index (κ1) is 11.4. The van der Waals surface area contributed by atoms with Crippen molar-refractivity contribution in [2.45, 2.75) is 0 Å². The molecule has 0 fully saturated rings. The second-order valence-electron chi connectivity index (χ2n) is 4.49. The van der Waals surface area contributed by atoms with Gasteiger partial charge in [0.1, 0.15) is 0 Å². The van der Waals surface area contributed by atoms with E-state index in [1.54, 1.807) is 4.52 Å². The average Bonchev–Trinajstić information content (AvgIpc) is 2.81. The van der Waals surface area contributed by atoms with Crippen molar-refractivity contribution in [2.75, 3.05) is 0 Å². The van der Waals surface area contributed by atoms with Crippen molar-refractivity contribution in [2.24, 2.45) is 0 Å². The Balaban J connectivity index is 1.92. The van der Waals surface area contributed by atoms with Crippen LogP contribution in [0.4, 0.5) is 0 Å². The van der Waals surface area contributed by atoms with E-state index in [1.165, 1.54) is 0 Å². The standard InChI is InChI=1S/C15H9ClN4/c16-14-12(10-7-4-8-10)9-13-17-18-15(20(13)19-14)11-5-2-1-3-6-11/h1-9H. The molecule has 5 heteroatoms. The zero-order chi connectivity index (χ0) is 13.5. The molecule has 3 aromatic rings. The molecular formula is C15H9ClN4. The quantitative estimate of drug-likeness (QED) is 0.722. The summed E-state index contributed by atoms with van der Waals surface area (Å²) in [6.07, 6.45) is 5.96. The Hall–Kier alpha value is -2.46. The minimum Gasteiger partial charge on any atom is -0.191 e. The normalized spacial score (nSPS) is 13.3. The zero-order valence-corrected chi connectivity index (χ0v) is 11.1. The van der Waals surface area contributed by atoms with Crippen LogP contribution in [0.1, 0.15) is 5.56 Å². The first-order chi connectivity index (χ1) is 9.83. The predicted octanol–water partition coefficient (Wildman–Crippen LogP) is 3.40. The van der Waals surface area contributed by atoms with Gasteiger partial charge in [0, 0.05) is 11.1 Å². The highest BCUT2D eigenvalue weighted by Crippen LogP contribution is 2.29. The van der Waals surface area contributed by atoms with Crippen molar-refractivity contribution in [3.05, 3.63) is 65.3 Å². The number of benzene rings is 1. The largest absolute Gasteiger partial charge is 0.191 e. The Kier molecular flexibility index (Phi) is 2.44. The van der Waals surface area contributed by atoms with Crippen LogP contribution in [0.5, 0.6) is 0 Å². The van der Waals surface area contributed by atoms with Gasteiger partial charge >= 0.3 is 0 Å². The van der Waals surface area contributed by atoms with E-state index in [2.05, 4.69) is 15.3 Å². The second kappa shape index (κ2) is 4.28. The van der Waals surface area contributed by atoms with Crippen molar-refractivity contribution < 1.29 is 0 Å². The molecule has 0 atom stereocenters. The van der Waals surface area contributed by atoms with Crippen molar-refractivity contribution in [1.29, 1.82) is 0 Å². The number of aromatic nitrogens is 4. The summed E-state index contributed by atoms with van der Waals surface area (Å²) in [6, 6.07) is 11.7. The Labute approximate surface area is 120 Å². The number of nitrogens with zero attached hydrogens (tertiary/aromatic N) is 4. The fourth-order valence-corrected chi connectivity index (χ4v) is 2.39. The number of allylic oxidation sites excluding steroid dienone is 4. The zero-order valence-electron chi connectivity index (χ0n) is 10.4. The SMILES string of the molecule is Clc1nn2c(-c3ccccc3)nnc2cc1C1=CC=C1. The Morgan fingerprint density at radius 2 is 1.85 bits per heavy atom. The highest BCUT2D eigenvalue weighted by molar-refractivity contribution is 6.31. The highest BCUT2D eigenvalue weighted by atomic mass is 35.5. The molecule has 0 saturated carbocycles. The van der Waals surface area contributed by atoms with Gasteiger partial charge in [-0.05, 0) is 11.6 Å². The van der Waals surface area contributed by atoms with Crippen LogP contribution < -0.4 is 0 Å². The third kappa shape index (κ3) is 1.66. The molecule has 0 unspecified atom stereocenters. The first-order valence-electron chi connectivity index (χ1n) is 6.19. The van der Waals surface area contributed by atoms with E-state index in [4.69, 9.17) is 11.6 Å². The maximum absolute atomic E-state index is 6.26. The summed E-state index contributed by atoms with van der Waals surface area (Å²) < 4.78 is 1.67.